The van der Waals surface area contributed by atoms with E-state index in [9.17, 15) is 4.79 Å². The van der Waals surface area contributed by atoms with E-state index in [1.165, 1.54) is 11.3 Å². The maximum absolute atomic E-state index is 12.9. The molecule has 2 aromatic rings. The maximum atomic E-state index is 12.9. The van der Waals surface area contributed by atoms with Crippen LogP contribution in [0.2, 0.25) is 0 Å². The van der Waals surface area contributed by atoms with E-state index < -0.39 is 0 Å². The fraction of sp³-hybridized carbons (Fsp3) is 0.500. The zero-order chi connectivity index (χ0) is 18.0. The lowest BCUT2D eigenvalue weighted by Crippen LogP contribution is -2.45. The van der Waals surface area contributed by atoms with E-state index in [1.807, 2.05) is 0 Å². The average Bonchev–Trinajstić information content (AvgIpc) is 3.15. The number of anilines is 1. The molecule has 1 aromatic carbocycles. The number of Topliss-reactive ketones (excluding diaryl/α,β-unsaturated/α-hetero) is 1. The van der Waals surface area contributed by atoms with Crippen LogP contribution in [0.3, 0.4) is 0 Å². The third-order valence-electron chi connectivity index (χ3n) is 5.56. The van der Waals surface area contributed by atoms with E-state index in [2.05, 4.69) is 56.9 Å². The van der Waals surface area contributed by atoms with Gasteiger partial charge in [-0.3, -0.25) is 4.79 Å². The first-order chi connectivity index (χ1) is 12.0. The van der Waals surface area contributed by atoms with E-state index in [0.717, 1.165) is 19.5 Å². The van der Waals surface area contributed by atoms with Crippen LogP contribution in [0, 0.1) is 17.8 Å². The van der Waals surface area contributed by atoms with Crippen molar-refractivity contribution in [1.82, 2.24) is 0 Å². The number of rotatable bonds is 5. The molecule has 3 rings (SSSR count). The molecule has 1 fully saturated rings. The number of carbonyl (C=O) groups excluding carboxylic acids is 1. The molecule has 25 heavy (non-hydrogen) atoms. The highest BCUT2D eigenvalue weighted by Gasteiger charge is 2.36. The van der Waals surface area contributed by atoms with Crippen LogP contribution in [0.25, 0.3) is 0 Å². The summed E-state index contributed by atoms with van der Waals surface area (Å²) in [4.78, 5) is 15.3. The summed E-state index contributed by atoms with van der Waals surface area (Å²) in [5.41, 5.74) is 3.37. The van der Waals surface area contributed by atoms with Crippen molar-refractivity contribution >= 4 is 11.5 Å². The second-order valence-electron chi connectivity index (χ2n) is 7.88. The number of nitrogens with zero attached hydrogens (tertiary/aromatic N) is 1. The Bertz CT molecular complexity index is 703. The quantitative estimate of drug-likeness (QED) is 0.685. The molecular formula is C22H29NO2. The van der Waals surface area contributed by atoms with Gasteiger partial charge in [0.2, 0.25) is 0 Å². The first-order valence-electron chi connectivity index (χ1n) is 9.38. The smallest absolute Gasteiger partial charge is 0.169 e. The molecule has 1 saturated heterocycles. The highest BCUT2D eigenvalue weighted by atomic mass is 16.3. The summed E-state index contributed by atoms with van der Waals surface area (Å²) in [5, 5.41) is 0. The van der Waals surface area contributed by atoms with Crippen molar-refractivity contribution in [3.63, 3.8) is 0 Å². The van der Waals surface area contributed by atoms with Gasteiger partial charge in [-0.05, 0) is 47.9 Å². The maximum Gasteiger partial charge on any atom is 0.169 e. The molecule has 0 unspecified atom stereocenters. The van der Waals surface area contributed by atoms with Gasteiger partial charge in [0, 0.05) is 24.7 Å². The number of hydrogen-bond donors (Lipinski definition) is 0. The topological polar surface area (TPSA) is 33.5 Å². The predicted octanol–water partition coefficient (Wildman–Crippen LogP) is 5.38. The van der Waals surface area contributed by atoms with Gasteiger partial charge in [-0.2, -0.15) is 0 Å². The molecule has 0 saturated carbocycles. The van der Waals surface area contributed by atoms with Gasteiger partial charge >= 0.3 is 0 Å². The van der Waals surface area contributed by atoms with Gasteiger partial charge in [-0.1, -0.05) is 39.8 Å². The summed E-state index contributed by atoms with van der Waals surface area (Å²) in [7, 11) is 0. The molecule has 3 heteroatoms. The Morgan fingerprint density at radius 1 is 1.20 bits per heavy atom. The van der Waals surface area contributed by atoms with Crippen molar-refractivity contribution in [2.75, 3.05) is 18.0 Å². The number of hydrogen-bond acceptors (Lipinski definition) is 3. The van der Waals surface area contributed by atoms with Gasteiger partial charge in [0.25, 0.3) is 0 Å². The molecule has 0 aliphatic carbocycles. The molecule has 1 aliphatic rings. The lowest BCUT2D eigenvalue weighted by molar-refractivity contribution is 0.0812. The molecule has 134 valence electrons. The molecule has 2 heterocycles. The number of furan rings is 1. The predicted molar refractivity (Wildman–Crippen MR) is 102 cm³/mol. The van der Waals surface area contributed by atoms with Gasteiger partial charge < -0.3 is 9.32 Å². The average molecular weight is 339 g/mol. The van der Waals surface area contributed by atoms with Gasteiger partial charge in [-0.25, -0.2) is 0 Å². The van der Waals surface area contributed by atoms with E-state index in [0.29, 0.717) is 23.3 Å². The van der Waals surface area contributed by atoms with Crippen LogP contribution in [-0.2, 0) is 0 Å². The zero-order valence-corrected chi connectivity index (χ0v) is 15.7. The van der Waals surface area contributed by atoms with Crippen molar-refractivity contribution in [3.8, 4) is 0 Å². The lowest BCUT2D eigenvalue weighted by Gasteiger charge is -2.41. The first-order valence-corrected chi connectivity index (χ1v) is 9.38. The minimum Gasteiger partial charge on any atom is -0.472 e. The SMILES string of the molecule is CC(C)c1cccc(N2CC[C@@H](C(=O)c3ccoc3)[C@@H](C(C)C)C2)c1. The van der Waals surface area contributed by atoms with Crippen LogP contribution < -0.4 is 4.90 Å². The summed E-state index contributed by atoms with van der Waals surface area (Å²) >= 11 is 0. The van der Waals surface area contributed by atoms with Gasteiger partial charge in [0.1, 0.15) is 6.26 Å². The fourth-order valence-electron chi connectivity index (χ4n) is 3.92. The van der Waals surface area contributed by atoms with E-state index >= 15 is 0 Å². The van der Waals surface area contributed by atoms with Crippen molar-refractivity contribution in [2.45, 2.75) is 40.0 Å². The standard InChI is InChI=1S/C22H29NO2/c1-15(2)17-6-5-7-19(12-17)23-10-8-20(21(13-23)16(3)4)22(24)18-9-11-25-14-18/h5-7,9,11-12,14-16,20-21H,8,10,13H2,1-4H3/t20-,21-/m1/s1. The van der Waals surface area contributed by atoms with Gasteiger partial charge in [0.05, 0.1) is 11.8 Å². The molecular weight excluding hydrogens is 310 g/mol. The van der Waals surface area contributed by atoms with Crippen LogP contribution in [0.15, 0.2) is 47.3 Å². The van der Waals surface area contributed by atoms with E-state index in [1.54, 1.807) is 18.6 Å². The van der Waals surface area contributed by atoms with Crippen molar-refractivity contribution < 1.29 is 9.21 Å². The molecule has 0 N–H and O–H groups in total. The van der Waals surface area contributed by atoms with E-state index in [4.69, 9.17) is 4.42 Å². The number of benzene rings is 1. The molecule has 0 bridgehead atoms. The Labute approximate surface area is 151 Å². The Kier molecular flexibility index (Phi) is 5.31. The van der Waals surface area contributed by atoms with E-state index in [-0.39, 0.29) is 11.7 Å². The number of ketones is 1. The van der Waals surface area contributed by atoms with Gasteiger partial charge in [-0.15, -0.1) is 0 Å². The summed E-state index contributed by atoms with van der Waals surface area (Å²) < 4.78 is 5.12. The third kappa shape index (κ3) is 3.81. The van der Waals surface area contributed by atoms with Crippen LogP contribution in [0.5, 0.6) is 0 Å². The molecule has 1 aromatic heterocycles. The summed E-state index contributed by atoms with van der Waals surface area (Å²) in [6.45, 7) is 10.8. The summed E-state index contributed by atoms with van der Waals surface area (Å²) in [5.74, 6) is 1.68. The second-order valence-corrected chi connectivity index (χ2v) is 7.88. The summed E-state index contributed by atoms with van der Waals surface area (Å²) in [6, 6.07) is 10.6. The number of piperidine rings is 1. The van der Waals surface area contributed by atoms with Crippen molar-refractivity contribution in [1.29, 1.82) is 0 Å². The molecule has 0 amide bonds. The Hall–Kier alpha value is -2.03. The minimum absolute atomic E-state index is 0.0853. The van der Waals surface area contributed by atoms with Crippen LogP contribution in [0.1, 0.15) is 56.0 Å². The normalized spacial score (nSPS) is 21.1. The Morgan fingerprint density at radius 3 is 2.64 bits per heavy atom. The van der Waals surface area contributed by atoms with Crippen LogP contribution in [-0.4, -0.2) is 18.9 Å². The molecule has 0 spiro atoms. The highest BCUT2D eigenvalue weighted by Crippen LogP contribution is 2.35. The van der Waals surface area contributed by atoms with Crippen molar-refractivity contribution in [3.05, 3.63) is 54.0 Å². The lowest BCUT2D eigenvalue weighted by atomic mass is 9.75. The molecule has 3 nitrogen and oxygen atoms in total. The molecule has 1 aliphatic heterocycles. The molecule has 0 radical (unpaired) electrons. The van der Waals surface area contributed by atoms with Crippen LogP contribution >= 0.6 is 0 Å². The first kappa shape index (κ1) is 17.8. The monoisotopic (exact) mass is 339 g/mol. The largest absolute Gasteiger partial charge is 0.472 e. The highest BCUT2D eigenvalue weighted by molar-refractivity contribution is 5.97. The Balaban J connectivity index is 1.80. The zero-order valence-electron chi connectivity index (χ0n) is 15.7. The third-order valence-corrected chi connectivity index (χ3v) is 5.56. The fourth-order valence-corrected chi connectivity index (χ4v) is 3.92. The number of carbonyl (C=O) groups is 1. The molecule has 2 atom stereocenters. The van der Waals surface area contributed by atoms with Crippen LogP contribution in [0.4, 0.5) is 5.69 Å². The second kappa shape index (κ2) is 7.47. The minimum atomic E-state index is 0.0853. The summed E-state index contributed by atoms with van der Waals surface area (Å²) in [6.07, 6.45) is 4.07. The van der Waals surface area contributed by atoms with Crippen molar-refractivity contribution in [2.24, 2.45) is 17.8 Å². The Morgan fingerprint density at radius 2 is 2.00 bits per heavy atom. The van der Waals surface area contributed by atoms with Gasteiger partial charge in [0.15, 0.2) is 5.78 Å².